The fraction of sp³-hybridized carbons (Fsp3) is 0.457. The van der Waals surface area contributed by atoms with Crippen molar-refractivity contribution in [1.82, 2.24) is 19.6 Å². The van der Waals surface area contributed by atoms with Gasteiger partial charge in [0.15, 0.2) is 0 Å². The summed E-state index contributed by atoms with van der Waals surface area (Å²) in [5, 5.41) is 0.614. The van der Waals surface area contributed by atoms with E-state index in [4.69, 9.17) is 15.2 Å². The summed E-state index contributed by atoms with van der Waals surface area (Å²) in [6, 6.07) is 5.56. The highest BCUT2D eigenvalue weighted by atomic mass is 32.2. The maximum atomic E-state index is 14.8. The minimum absolute atomic E-state index is 0.0760. The highest BCUT2D eigenvalue weighted by Crippen LogP contribution is 2.53. The number of ether oxygens (including phenoxy) is 2. The average molecular weight is 745 g/mol. The number of amides is 3. The van der Waals surface area contributed by atoms with Crippen LogP contribution >= 0.6 is 0 Å². The highest BCUT2D eigenvalue weighted by Gasteiger charge is 2.67. The molecule has 278 valence electrons. The Morgan fingerprint density at radius 1 is 1.13 bits per heavy atom. The van der Waals surface area contributed by atoms with Gasteiger partial charge in [-0.3, -0.25) is 24.0 Å². The standard InChI is InChI=1S/C35H39F3N6O7S/c1-5-21-17-34(21,33(47)42-52(48,49)25-7-8-25)43-18-24(51-30-26-9-6-23(50-4)14-20(26)10-12-41-30)16-27(43)31(45)44(32(46)29(39)19(2)3)28-15-22(11-13-40-28)35(36,37)38/h5-6,9-15,19,21,24-25,27,29H,1,7-8,16-18,39H2,2-4H3,(H,42,47)/t21-,24-,27+,29+,34-/m1/s1. The molecule has 3 fully saturated rings. The minimum atomic E-state index is -4.83. The molecule has 0 spiro atoms. The molecule has 2 aromatic heterocycles. The molecule has 1 aromatic carbocycles. The normalized spacial score (nSPS) is 24.0. The Morgan fingerprint density at radius 3 is 2.46 bits per heavy atom. The number of rotatable bonds is 12. The van der Waals surface area contributed by atoms with E-state index in [0.29, 0.717) is 41.0 Å². The third-order valence-electron chi connectivity index (χ3n) is 9.88. The van der Waals surface area contributed by atoms with Gasteiger partial charge >= 0.3 is 6.18 Å². The Morgan fingerprint density at radius 2 is 1.85 bits per heavy atom. The van der Waals surface area contributed by atoms with Crippen LogP contribution in [0.1, 0.15) is 45.1 Å². The topological polar surface area (TPSA) is 174 Å². The van der Waals surface area contributed by atoms with E-state index in [1.807, 2.05) is 0 Å². The second-order valence-corrected chi connectivity index (χ2v) is 15.6. The molecule has 5 atom stereocenters. The van der Waals surface area contributed by atoms with Crippen molar-refractivity contribution in [1.29, 1.82) is 0 Å². The number of carbonyl (C=O) groups excluding carboxylic acids is 3. The van der Waals surface area contributed by atoms with Crippen molar-refractivity contribution in [2.45, 2.75) is 74.7 Å². The molecule has 3 N–H and O–H groups in total. The zero-order chi connectivity index (χ0) is 37.7. The summed E-state index contributed by atoms with van der Waals surface area (Å²) in [4.78, 5) is 53.1. The first-order valence-electron chi connectivity index (χ1n) is 16.7. The second-order valence-electron chi connectivity index (χ2n) is 13.7. The van der Waals surface area contributed by atoms with Crippen molar-refractivity contribution in [3.8, 4) is 11.6 Å². The number of halogens is 3. The number of sulfonamides is 1. The Kier molecular flexibility index (Phi) is 9.82. The zero-order valence-corrected chi connectivity index (χ0v) is 29.5. The number of aromatic nitrogens is 2. The van der Waals surface area contributed by atoms with Crippen molar-refractivity contribution in [2.24, 2.45) is 17.6 Å². The molecule has 13 nitrogen and oxygen atoms in total. The highest BCUT2D eigenvalue weighted by molar-refractivity contribution is 7.91. The number of pyridine rings is 2. The average Bonchev–Trinajstić information content (AvgIpc) is 4.04. The van der Waals surface area contributed by atoms with Gasteiger partial charge in [-0.15, -0.1) is 6.58 Å². The third-order valence-corrected chi connectivity index (χ3v) is 11.7. The number of benzene rings is 1. The second kappa shape index (κ2) is 13.7. The molecule has 1 saturated heterocycles. The summed E-state index contributed by atoms with van der Waals surface area (Å²) in [7, 11) is -2.50. The fourth-order valence-corrected chi connectivity index (χ4v) is 8.01. The molecule has 2 aliphatic carbocycles. The maximum absolute atomic E-state index is 14.8. The third kappa shape index (κ3) is 6.96. The first-order chi connectivity index (χ1) is 24.5. The Labute approximate surface area is 298 Å². The molecular formula is C35H39F3N6O7S. The van der Waals surface area contributed by atoms with Crippen LogP contribution in [0, 0.1) is 11.8 Å². The van der Waals surface area contributed by atoms with Gasteiger partial charge < -0.3 is 15.2 Å². The lowest BCUT2D eigenvalue weighted by Crippen LogP contribution is -2.60. The molecule has 52 heavy (non-hydrogen) atoms. The van der Waals surface area contributed by atoms with Gasteiger partial charge in [0.05, 0.1) is 30.0 Å². The smallest absolute Gasteiger partial charge is 0.416 e. The van der Waals surface area contributed by atoms with Gasteiger partial charge in [0.2, 0.25) is 15.9 Å². The molecular weight excluding hydrogens is 705 g/mol. The van der Waals surface area contributed by atoms with Crippen molar-refractivity contribution >= 4 is 44.3 Å². The number of fused-ring (bicyclic) bond motifs is 1. The molecule has 3 amide bonds. The van der Waals surface area contributed by atoms with Gasteiger partial charge in [-0.2, -0.15) is 13.2 Å². The summed E-state index contributed by atoms with van der Waals surface area (Å²) >= 11 is 0. The fourth-order valence-electron chi connectivity index (χ4n) is 6.66. The van der Waals surface area contributed by atoms with E-state index in [1.54, 1.807) is 38.1 Å². The van der Waals surface area contributed by atoms with Crippen LogP contribution in [-0.4, -0.2) is 83.6 Å². The number of nitrogens with two attached hydrogens (primary N) is 1. The molecule has 6 rings (SSSR count). The van der Waals surface area contributed by atoms with Crippen molar-refractivity contribution in [3.63, 3.8) is 0 Å². The molecule has 3 aliphatic rings. The first-order valence-corrected chi connectivity index (χ1v) is 18.3. The Hall–Kier alpha value is -4.61. The molecule has 0 radical (unpaired) electrons. The Bertz CT molecular complexity index is 2030. The van der Waals surface area contributed by atoms with E-state index in [2.05, 4.69) is 21.3 Å². The number of anilines is 1. The van der Waals surface area contributed by atoms with Crippen LogP contribution in [0.2, 0.25) is 0 Å². The largest absolute Gasteiger partial charge is 0.497 e. The van der Waals surface area contributed by atoms with E-state index in [1.165, 1.54) is 24.3 Å². The summed E-state index contributed by atoms with van der Waals surface area (Å²) < 4.78 is 81.3. The van der Waals surface area contributed by atoms with Gasteiger partial charge in [-0.1, -0.05) is 19.9 Å². The number of nitrogens with zero attached hydrogens (tertiary/aromatic N) is 4. The molecule has 3 aromatic rings. The summed E-state index contributed by atoms with van der Waals surface area (Å²) in [6.07, 6.45) is -1.17. The molecule has 0 unspecified atom stereocenters. The quantitative estimate of drug-likeness (QED) is 0.260. The van der Waals surface area contributed by atoms with E-state index >= 15 is 0 Å². The number of methoxy groups -OCH3 is 1. The maximum Gasteiger partial charge on any atom is 0.416 e. The van der Waals surface area contributed by atoms with E-state index in [-0.39, 0.29) is 25.3 Å². The first kappa shape index (κ1) is 37.2. The van der Waals surface area contributed by atoms with Crippen LogP contribution in [0.4, 0.5) is 19.0 Å². The van der Waals surface area contributed by atoms with E-state index in [0.717, 1.165) is 11.6 Å². The van der Waals surface area contributed by atoms with Crippen molar-refractivity contribution in [2.75, 3.05) is 18.6 Å². The molecule has 0 bridgehead atoms. The van der Waals surface area contributed by atoms with Crippen molar-refractivity contribution in [3.05, 3.63) is 67.0 Å². The van der Waals surface area contributed by atoms with Gasteiger partial charge in [0.25, 0.3) is 17.7 Å². The van der Waals surface area contributed by atoms with Gasteiger partial charge in [-0.25, -0.2) is 23.3 Å². The number of nitrogens with one attached hydrogen (secondary N) is 1. The molecule has 2 saturated carbocycles. The van der Waals surface area contributed by atoms with Crippen LogP contribution in [-0.2, 0) is 30.6 Å². The monoisotopic (exact) mass is 744 g/mol. The van der Waals surface area contributed by atoms with Crippen LogP contribution in [0.3, 0.4) is 0 Å². The van der Waals surface area contributed by atoms with E-state index < -0.39 is 86.1 Å². The van der Waals surface area contributed by atoms with Crippen LogP contribution < -0.4 is 24.8 Å². The van der Waals surface area contributed by atoms with Crippen LogP contribution in [0.15, 0.2) is 61.4 Å². The predicted octanol–water partition coefficient (Wildman–Crippen LogP) is 3.58. The number of hydrogen-bond donors (Lipinski definition) is 2. The lowest BCUT2D eigenvalue weighted by Gasteiger charge is -2.35. The number of likely N-dealkylation sites (tertiary alicyclic amines) is 1. The van der Waals surface area contributed by atoms with Crippen LogP contribution in [0.5, 0.6) is 11.6 Å². The number of carbonyl (C=O) groups is 3. The Balaban J connectivity index is 1.43. The van der Waals surface area contributed by atoms with Crippen LogP contribution in [0.25, 0.3) is 10.8 Å². The van der Waals surface area contributed by atoms with E-state index in [9.17, 15) is 36.0 Å². The van der Waals surface area contributed by atoms with Gasteiger partial charge in [0.1, 0.15) is 23.2 Å². The summed E-state index contributed by atoms with van der Waals surface area (Å²) in [5.41, 5.74) is 3.43. The SMILES string of the molecule is C=C[C@@H]1C[C@@]1(C(=O)NS(=O)(=O)C1CC1)N1C[C@H](Oc2nccc3cc(OC)ccc23)C[C@H]1C(=O)N(C(=O)[C@@H](N)C(C)C)c1cc(C(F)(F)F)ccn1. The summed E-state index contributed by atoms with van der Waals surface area (Å²) in [6.45, 7) is 6.92. The zero-order valence-electron chi connectivity index (χ0n) is 28.7. The molecule has 3 heterocycles. The number of alkyl halides is 3. The lowest BCUT2D eigenvalue weighted by atomic mass is 10.0. The van der Waals surface area contributed by atoms with Gasteiger partial charge in [0, 0.05) is 36.7 Å². The number of imide groups is 1. The minimum Gasteiger partial charge on any atom is -0.497 e. The predicted molar refractivity (Wildman–Crippen MR) is 183 cm³/mol. The summed E-state index contributed by atoms with van der Waals surface area (Å²) in [5.74, 6) is -3.88. The molecule has 17 heteroatoms. The molecule has 1 aliphatic heterocycles. The van der Waals surface area contributed by atoms with Gasteiger partial charge in [-0.05, 0) is 67.0 Å². The van der Waals surface area contributed by atoms with Crippen molar-refractivity contribution < 1.29 is 45.4 Å². The number of hydrogen-bond acceptors (Lipinski definition) is 11. The lowest BCUT2D eigenvalue weighted by molar-refractivity contribution is -0.138.